The molecule has 0 saturated heterocycles. The highest BCUT2D eigenvalue weighted by Gasteiger charge is 2.21. The van der Waals surface area contributed by atoms with Gasteiger partial charge in [-0.15, -0.1) is 35.1 Å². The van der Waals surface area contributed by atoms with Gasteiger partial charge in [0, 0.05) is 0 Å². The van der Waals surface area contributed by atoms with Crippen LogP contribution in [0.1, 0.15) is 40.1 Å². The van der Waals surface area contributed by atoms with Crippen molar-refractivity contribution < 1.29 is 38.4 Å². The number of hydrogen-bond acceptors (Lipinski definition) is 13. The fraction of sp³-hybridized carbons (Fsp3) is 0.364. The Hall–Kier alpha value is -3.49. The molecule has 4 heterocycles. The predicted octanol–water partition coefficient (Wildman–Crippen LogP) is 4.49. The van der Waals surface area contributed by atoms with Gasteiger partial charge in [-0.2, -0.15) is 9.97 Å². The molecule has 4 aromatic heterocycles. The first kappa shape index (κ1) is 29.7. The lowest BCUT2D eigenvalue weighted by Gasteiger charge is -2.18. The lowest BCUT2D eigenvalue weighted by molar-refractivity contribution is 0.00750. The molecule has 12 nitrogen and oxygen atoms in total. The normalized spacial score (nSPS) is 10.7. The van der Waals surface area contributed by atoms with Crippen LogP contribution in [0.25, 0.3) is 20.7 Å². The molecule has 15 heteroatoms. The van der Waals surface area contributed by atoms with Crippen molar-refractivity contribution in [3.8, 4) is 23.5 Å². The van der Waals surface area contributed by atoms with Gasteiger partial charge in [-0.25, -0.2) is 19.6 Å². The maximum atomic E-state index is 12.0. The van der Waals surface area contributed by atoms with E-state index in [0.29, 0.717) is 25.6 Å². The predicted molar refractivity (Wildman–Crippen MR) is 140 cm³/mol. The number of aromatic nitrogens is 4. The molecule has 0 bridgehead atoms. The number of carboxylic acid groups (broad SMARTS) is 1. The number of esters is 1. The van der Waals surface area contributed by atoms with Crippen molar-refractivity contribution in [2.75, 3.05) is 28.4 Å². The molecule has 0 radical (unpaired) electrons. The number of methoxy groups -OCH3 is 4. The minimum absolute atomic E-state index is 0. The number of carboxylic acids is 1. The molecule has 0 amide bonds. The van der Waals surface area contributed by atoms with Gasteiger partial charge in [-0.05, 0) is 32.9 Å². The molecule has 0 atom stereocenters. The van der Waals surface area contributed by atoms with Gasteiger partial charge in [0.15, 0.2) is 0 Å². The van der Waals surface area contributed by atoms with Crippen LogP contribution in [-0.2, 0) is 4.74 Å². The topological polar surface area (TPSA) is 152 Å². The lowest BCUT2D eigenvalue weighted by Crippen LogP contribution is -2.23. The Morgan fingerprint density at radius 3 is 1.49 bits per heavy atom. The van der Waals surface area contributed by atoms with Crippen LogP contribution in [0.5, 0.6) is 23.5 Å². The van der Waals surface area contributed by atoms with Crippen LogP contribution >= 0.6 is 35.1 Å². The highest BCUT2D eigenvalue weighted by atomic mass is 35.5. The van der Waals surface area contributed by atoms with Crippen LogP contribution in [0.15, 0.2) is 12.1 Å². The molecule has 4 rings (SSSR count). The third kappa shape index (κ3) is 7.05. The number of carbonyl (C=O) groups excluding carboxylic acids is 1. The van der Waals surface area contributed by atoms with Gasteiger partial charge in [-0.3, -0.25) is 0 Å². The van der Waals surface area contributed by atoms with Crippen LogP contribution in [0.4, 0.5) is 0 Å². The summed E-state index contributed by atoms with van der Waals surface area (Å²) in [7, 11) is 5.87. The average molecular weight is 573 g/mol. The first-order valence-corrected chi connectivity index (χ1v) is 11.9. The van der Waals surface area contributed by atoms with Crippen LogP contribution in [-0.4, -0.2) is 71.0 Å². The molecule has 0 aliphatic rings. The maximum Gasteiger partial charge on any atom is 0.348 e. The molecule has 1 N–H and O–H groups in total. The standard InChI is InChI=1S/C13H16N2O4S.C9H8N2O4S.ClH/c1-13(2,3)19-12(16)8-6-7-11(20-8)15-10(18-5)9(14-7)17-4;1-14-6-7(15-2)11-8-4(10-6)3-5(16-8)9(12)13;/h6H,1-5H3;3H,1-2H3,(H,12,13);1H. The molecular weight excluding hydrogens is 548 g/mol. The van der Waals surface area contributed by atoms with E-state index in [9.17, 15) is 9.59 Å². The van der Waals surface area contributed by atoms with Gasteiger partial charge < -0.3 is 28.8 Å². The number of halogens is 1. The fourth-order valence-electron chi connectivity index (χ4n) is 2.72. The van der Waals surface area contributed by atoms with Crippen molar-refractivity contribution in [3.05, 3.63) is 21.9 Å². The Balaban J connectivity index is 0.000000259. The second-order valence-electron chi connectivity index (χ2n) is 7.89. The third-order valence-electron chi connectivity index (χ3n) is 4.19. The smallest absolute Gasteiger partial charge is 0.348 e. The summed E-state index contributed by atoms with van der Waals surface area (Å²) in [6, 6.07) is 3.10. The minimum atomic E-state index is -0.997. The van der Waals surface area contributed by atoms with E-state index in [4.69, 9.17) is 28.8 Å². The Labute approximate surface area is 226 Å². The molecule has 200 valence electrons. The fourth-order valence-corrected chi connectivity index (χ4v) is 4.37. The van der Waals surface area contributed by atoms with Crippen molar-refractivity contribution in [2.45, 2.75) is 26.4 Å². The second kappa shape index (κ2) is 12.2. The van der Waals surface area contributed by atoms with Gasteiger partial charge in [0.1, 0.15) is 36.0 Å². The summed E-state index contributed by atoms with van der Waals surface area (Å²) in [6.45, 7) is 5.46. The summed E-state index contributed by atoms with van der Waals surface area (Å²) in [5.74, 6) is -0.326. The van der Waals surface area contributed by atoms with Crippen LogP contribution < -0.4 is 18.9 Å². The lowest BCUT2D eigenvalue weighted by atomic mass is 10.2. The van der Waals surface area contributed by atoms with Gasteiger partial charge in [0.25, 0.3) is 23.5 Å². The number of aromatic carboxylic acids is 1. The van der Waals surface area contributed by atoms with E-state index in [1.165, 1.54) is 45.8 Å². The third-order valence-corrected chi connectivity index (χ3v) is 6.19. The number of fused-ring (bicyclic) bond motifs is 2. The Morgan fingerprint density at radius 1 is 0.730 bits per heavy atom. The second-order valence-corrected chi connectivity index (χ2v) is 9.95. The SMILES string of the molecule is COc1nc2cc(C(=O)O)sc2nc1OC.COc1nc2cc(C(=O)OC(C)(C)C)sc2nc1OC.Cl. The molecule has 0 spiro atoms. The van der Waals surface area contributed by atoms with Crippen molar-refractivity contribution >= 4 is 67.7 Å². The molecule has 37 heavy (non-hydrogen) atoms. The Kier molecular flexibility index (Phi) is 9.78. The van der Waals surface area contributed by atoms with E-state index in [0.717, 1.165) is 11.3 Å². The summed E-state index contributed by atoms with van der Waals surface area (Å²) in [5, 5.41) is 8.83. The first-order chi connectivity index (χ1) is 17.0. The highest BCUT2D eigenvalue weighted by molar-refractivity contribution is 7.20. The van der Waals surface area contributed by atoms with Crippen molar-refractivity contribution in [2.24, 2.45) is 0 Å². The number of thiophene rings is 2. The minimum Gasteiger partial charge on any atom is -0.477 e. The van der Waals surface area contributed by atoms with Crippen LogP contribution in [0.3, 0.4) is 0 Å². The number of carbonyl (C=O) groups is 2. The van der Waals surface area contributed by atoms with E-state index in [2.05, 4.69) is 19.9 Å². The first-order valence-electron chi connectivity index (χ1n) is 10.2. The number of hydrogen-bond donors (Lipinski definition) is 1. The van der Waals surface area contributed by atoms with Gasteiger partial charge in [0.2, 0.25) is 0 Å². The summed E-state index contributed by atoms with van der Waals surface area (Å²) in [4.78, 5) is 41.3. The van der Waals surface area contributed by atoms with E-state index in [1.54, 1.807) is 6.07 Å². The zero-order chi connectivity index (χ0) is 26.6. The van der Waals surface area contributed by atoms with E-state index in [1.807, 2.05) is 20.8 Å². The van der Waals surface area contributed by atoms with Crippen molar-refractivity contribution in [1.29, 1.82) is 0 Å². The van der Waals surface area contributed by atoms with Gasteiger partial charge >= 0.3 is 11.9 Å². The average Bonchev–Trinajstić information content (AvgIpc) is 3.45. The summed E-state index contributed by atoms with van der Waals surface area (Å²) >= 11 is 2.26. The van der Waals surface area contributed by atoms with Crippen LogP contribution in [0.2, 0.25) is 0 Å². The molecule has 4 aromatic rings. The molecule has 0 fully saturated rings. The van der Waals surface area contributed by atoms with Crippen molar-refractivity contribution in [3.63, 3.8) is 0 Å². The quantitative estimate of drug-likeness (QED) is 0.324. The van der Waals surface area contributed by atoms with Gasteiger partial charge in [0.05, 0.1) is 28.4 Å². The van der Waals surface area contributed by atoms with E-state index in [-0.39, 0.29) is 46.8 Å². The summed E-state index contributed by atoms with van der Waals surface area (Å²) in [5.41, 5.74) is 0.525. The zero-order valence-electron chi connectivity index (χ0n) is 21.0. The molecule has 0 aliphatic carbocycles. The van der Waals surface area contributed by atoms with Gasteiger partial charge in [-0.1, -0.05) is 0 Å². The molecular formula is C22H25ClN4O8S2. The monoisotopic (exact) mass is 572 g/mol. The maximum absolute atomic E-state index is 12.0. The molecule has 0 aliphatic heterocycles. The molecule has 0 saturated carbocycles. The number of ether oxygens (including phenoxy) is 5. The zero-order valence-corrected chi connectivity index (χ0v) is 23.4. The molecule has 0 aromatic carbocycles. The van der Waals surface area contributed by atoms with E-state index < -0.39 is 11.6 Å². The molecule has 0 unspecified atom stereocenters. The number of nitrogens with zero attached hydrogens (tertiary/aromatic N) is 4. The highest BCUT2D eigenvalue weighted by Crippen LogP contribution is 2.31. The Morgan fingerprint density at radius 2 is 1.11 bits per heavy atom. The largest absolute Gasteiger partial charge is 0.477 e. The van der Waals surface area contributed by atoms with E-state index >= 15 is 0 Å². The Bertz CT molecular complexity index is 1340. The summed E-state index contributed by atoms with van der Waals surface area (Å²) < 4.78 is 25.4. The van der Waals surface area contributed by atoms with Crippen molar-refractivity contribution in [1.82, 2.24) is 19.9 Å². The van der Waals surface area contributed by atoms with Crippen LogP contribution in [0, 0.1) is 0 Å². The summed E-state index contributed by atoms with van der Waals surface area (Å²) in [6.07, 6.45) is 0. The number of rotatable bonds is 6.